The Bertz CT molecular complexity index is 475. The summed E-state index contributed by atoms with van der Waals surface area (Å²) in [5, 5.41) is 10.7. The van der Waals surface area contributed by atoms with Gasteiger partial charge in [-0.25, -0.2) is 0 Å². The quantitative estimate of drug-likeness (QED) is 0.463. The first-order chi connectivity index (χ1) is 8.61. The van der Waals surface area contributed by atoms with E-state index in [0.717, 1.165) is 5.69 Å². The van der Waals surface area contributed by atoms with Crippen molar-refractivity contribution in [3.05, 3.63) is 33.9 Å². The van der Waals surface area contributed by atoms with Gasteiger partial charge in [0.05, 0.1) is 17.6 Å². The van der Waals surface area contributed by atoms with E-state index in [-0.39, 0.29) is 11.8 Å². The Kier molecular flexibility index (Phi) is 3.57. The number of ether oxygens (including phenoxy) is 1. The Hall–Kier alpha value is -1.95. The van der Waals surface area contributed by atoms with E-state index in [0.29, 0.717) is 31.5 Å². The Morgan fingerprint density at radius 2 is 2.33 bits per heavy atom. The highest BCUT2D eigenvalue weighted by Gasteiger charge is 2.20. The minimum Gasteiger partial charge on any atom is -0.375 e. The summed E-state index contributed by atoms with van der Waals surface area (Å²) in [6.45, 7) is 3.91. The van der Waals surface area contributed by atoms with Gasteiger partial charge in [0, 0.05) is 36.5 Å². The first-order valence-corrected chi connectivity index (χ1v) is 5.72. The molecule has 0 N–H and O–H groups in total. The largest absolute Gasteiger partial charge is 0.375 e. The Balaban J connectivity index is 2.32. The summed E-state index contributed by atoms with van der Waals surface area (Å²) >= 11 is 0. The van der Waals surface area contributed by atoms with Gasteiger partial charge in [-0.1, -0.05) is 0 Å². The molecule has 1 unspecified atom stereocenters. The number of nitro groups is 1. The van der Waals surface area contributed by atoms with Crippen LogP contribution in [0.25, 0.3) is 0 Å². The van der Waals surface area contributed by atoms with Crippen molar-refractivity contribution >= 4 is 17.7 Å². The van der Waals surface area contributed by atoms with Crippen LogP contribution in [0.2, 0.25) is 0 Å². The number of hydrogen-bond donors (Lipinski definition) is 0. The number of anilines is 1. The number of rotatable bonds is 3. The van der Waals surface area contributed by atoms with Crippen molar-refractivity contribution in [3.8, 4) is 0 Å². The Morgan fingerprint density at radius 1 is 1.56 bits per heavy atom. The van der Waals surface area contributed by atoms with Crippen LogP contribution in [-0.4, -0.2) is 37.0 Å². The molecular formula is C12H14N2O4. The SMILES string of the molecule is CC1CN(c2ccc([N+](=O)[O-])cc2C=O)CCO1. The predicted molar refractivity (Wildman–Crippen MR) is 66.1 cm³/mol. The number of non-ortho nitro benzene ring substituents is 1. The van der Waals surface area contributed by atoms with Gasteiger partial charge in [0.2, 0.25) is 0 Å². The van der Waals surface area contributed by atoms with Gasteiger partial charge in [0.1, 0.15) is 0 Å². The van der Waals surface area contributed by atoms with E-state index in [2.05, 4.69) is 0 Å². The van der Waals surface area contributed by atoms with Crippen LogP contribution in [0.3, 0.4) is 0 Å². The van der Waals surface area contributed by atoms with E-state index in [1.165, 1.54) is 12.1 Å². The van der Waals surface area contributed by atoms with Crippen LogP contribution in [0, 0.1) is 10.1 Å². The number of carbonyl (C=O) groups is 1. The van der Waals surface area contributed by atoms with Crippen molar-refractivity contribution in [2.75, 3.05) is 24.6 Å². The molecule has 18 heavy (non-hydrogen) atoms. The van der Waals surface area contributed by atoms with E-state index in [1.54, 1.807) is 6.07 Å². The molecular weight excluding hydrogens is 236 g/mol. The third-order valence-electron chi connectivity index (χ3n) is 2.93. The highest BCUT2D eigenvalue weighted by Crippen LogP contribution is 2.25. The van der Waals surface area contributed by atoms with E-state index in [1.807, 2.05) is 11.8 Å². The summed E-state index contributed by atoms with van der Waals surface area (Å²) < 4.78 is 5.43. The molecule has 2 rings (SSSR count). The van der Waals surface area contributed by atoms with E-state index in [4.69, 9.17) is 4.74 Å². The molecule has 1 aliphatic rings. The molecule has 6 heteroatoms. The number of morpholine rings is 1. The van der Waals surface area contributed by atoms with Crippen molar-refractivity contribution in [1.29, 1.82) is 0 Å². The third kappa shape index (κ3) is 2.48. The maximum atomic E-state index is 11.0. The molecule has 6 nitrogen and oxygen atoms in total. The van der Waals surface area contributed by atoms with Gasteiger partial charge < -0.3 is 9.64 Å². The molecule has 0 amide bonds. The number of hydrogen-bond acceptors (Lipinski definition) is 5. The molecule has 0 spiro atoms. The van der Waals surface area contributed by atoms with Crippen LogP contribution in [-0.2, 0) is 4.74 Å². The Morgan fingerprint density at radius 3 is 2.94 bits per heavy atom. The smallest absolute Gasteiger partial charge is 0.270 e. The fourth-order valence-corrected chi connectivity index (χ4v) is 2.08. The van der Waals surface area contributed by atoms with Crippen molar-refractivity contribution in [3.63, 3.8) is 0 Å². The highest BCUT2D eigenvalue weighted by atomic mass is 16.6. The van der Waals surface area contributed by atoms with Crippen LogP contribution < -0.4 is 4.90 Å². The number of nitrogens with zero attached hydrogens (tertiary/aromatic N) is 2. The van der Waals surface area contributed by atoms with Crippen LogP contribution in [0.1, 0.15) is 17.3 Å². The molecule has 1 aromatic carbocycles. The number of carbonyl (C=O) groups excluding carboxylic acids is 1. The summed E-state index contributed by atoms with van der Waals surface area (Å²) in [4.78, 5) is 23.2. The van der Waals surface area contributed by atoms with Crippen LogP contribution in [0.5, 0.6) is 0 Å². The number of nitro benzene ring substituents is 1. The van der Waals surface area contributed by atoms with Crippen LogP contribution >= 0.6 is 0 Å². The fourth-order valence-electron chi connectivity index (χ4n) is 2.08. The first-order valence-electron chi connectivity index (χ1n) is 5.72. The minimum absolute atomic E-state index is 0.0674. The summed E-state index contributed by atoms with van der Waals surface area (Å²) in [5.41, 5.74) is 1.01. The summed E-state index contributed by atoms with van der Waals surface area (Å²) in [5.74, 6) is 0. The van der Waals surface area contributed by atoms with Gasteiger partial charge >= 0.3 is 0 Å². The van der Waals surface area contributed by atoms with E-state index >= 15 is 0 Å². The minimum atomic E-state index is -0.501. The maximum absolute atomic E-state index is 11.0. The van der Waals surface area contributed by atoms with Gasteiger partial charge in [-0.15, -0.1) is 0 Å². The van der Waals surface area contributed by atoms with E-state index < -0.39 is 4.92 Å². The molecule has 1 saturated heterocycles. The molecule has 0 aromatic heterocycles. The van der Waals surface area contributed by atoms with Gasteiger partial charge in [-0.2, -0.15) is 0 Å². The molecule has 1 atom stereocenters. The second-order valence-corrected chi connectivity index (χ2v) is 4.25. The summed E-state index contributed by atoms with van der Waals surface area (Å²) in [6.07, 6.45) is 0.746. The van der Waals surface area contributed by atoms with Gasteiger partial charge in [-0.05, 0) is 13.0 Å². The lowest BCUT2D eigenvalue weighted by molar-refractivity contribution is -0.384. The molecule has 1 fully saturated rings. The Labute approximate surface area is 104 Å². The zero-order valence-corrected chi connectivity index (χ0v) is 10.0. The molecule has 0 saturated carbocycles. The summed E-state index contributed by atoms with van der Waals surface area (Å²) in [7, 11) is 0. The lowest BCUT2D eigenvalue weighted by Crippen LogP contribution is -2.41. The third-order valence-corrected chi connectivity index (χ3v) is 2.93. The zero-order valence-electron chi connectivity index (χ0n) is 10.0. The molecule has 0 bridgehead atoms. The fraction of sp³-hybridized carbons (Fsp3) is 0.417. The lowest BCUT2D eigenvalue weighted by atomic mass is 10.1. The topological polar surface area (TPSA) is 72.7 Å². The molecule has 0 aliphatic carbocycles. The molecule has 1 aliphatic heterocycles. The van der Waals surface area contributed by atoms with Crippen LogP contribution in [0.15, 0.2) is 18.2 Å². The predicted octanol–water partition coefficient (Wildman–Crippen LogP) is 1.63. The van der Waals surface area contributed by atoms with E-state index in [9.17, 15) is 14.9 Å². The van der Waals surface area contributed by atoms with Crippen molar-refractivity contribution in [2.45, 2.75) is 13.0 Å². The average molecular weight is 250 g/mol. The van der Waals surface area contributed by atoms with Crippen LogP contribution in [0.4, 0.5) is 11.4 Å². The van der Waals surface area contributed by atoms with Crippen molar-refractivity contribution in [2.24, 2.45) is 0 Å². The van der Waals surface area contributed by atoms with Crippen molar-refractivity contribution < 1.29 is 14.5 Å². The number of aldehydes is 1. The molecule has 1 heterocycles. The van der Waals surface area contributed by atoms with Gasteiger partial charge in [-0.3, -0.25) is 14.9 Å². The summed E-state index contributed by atoms with van der Waals surface area (Å²) in [6, 6.07) is 4.35. The number of benzene rings is 1. The zero-order chi connectivity index (χ0) is 13.1. The highest BCUT2D eigenvalue weighted by molar-refractivity contribution is 5.86. The lowest BCUT2D eigenvalue weighted by Gasteiger charge is -2.33. The molecule has 1 aromatic rings. The molecule has 96 valence electrons. The second kappa shape index (κ2) is 5.14. The maximum Gasteiger partial charge on any atom is 0.270 e. The van der Waals surface area contributed by atoms with Crippen molar-refractivity contribution in [1.82, 2.24) is 0 Å². The average Bonchev–Trinajstić information content (AvgIpc) is 2.37. The van der Waals surface area contributed by atoms with Gasteiger partial charge in [0.15, 0.2) is 6.29 Å². The molecule has 0 radical (unpaired) electrons. The first kappa shape index (κ1) is 12.5. The normalized spacial score (nSPS) is 19.6. The standard InChI is InChI=1S/C12H14N2O4/c1-9-7-13(4-5-18-9)12-3-2-11(14(16)17)6-10(12)8-15/h2-3,6,8-9H,4-5,7H2,1H3. The van der Waals surface area contributed by atoms with Gasteiger partial charge in [0.25, 0.3) is 5.69 Å². The monoisotopic (exact) mass is 250 g/mol. The second-order valence-electron chi connectivity index (χ2n) is 4.25.